The molecule has 0 fully saturated rings. The molecule has 4 rings (SSSR count). The van der Waals surface area contributed by atoms with E-state index in [9.17, 15) is 4.79 Å². The van der Waals surface area contributed by atoms with E-state index >= 15 is 0 Å². The molecule has 0 spiro atoms. The summed E-state index contributed by atoms with van der Waals surface area (Å²) in [5.74, 6) is 2.73. The number of aromatic nitrogens is 2. The van der Waals surface area contributed by atoms with Crippen LogP contribution in [0.1, 0.15) is 55.1 Å². The highest BCUT2D eigenvalue weighted by Gasteiger charge is 2.11. The highest BCUT2D eigenvalue weighted by molar-refractivity contribution is 5.77. The largest absolute Gasteiger partial charge is 0.494 e. The van der Waals surface area contributed by atoms with Crippen molar-refractivity contribution in [2.75, 3.05) is 19.8 Å². The van der Waals surface area contributed by atoms with Gasteiger partial charge in [0.05, 0.1) is 17.6 Å². The predicted molar refractivity (Wildman–Crippen MR) is 158 cm³/mol. The van der Waals surface area contributed by atoms with Crippen molar-refractivity contribution in [1.82, 2.24) is 14.9 Å². The van der Waals surface area contributed by atoms with Crippen LogP contribution in [0.4, 0.5) is 0 Å². The van der Waals surface area contributed by atoms with Crippen LogP contribution in [-0.2, 0) is 24.2 Å². The van der Waals surface area contributed by atoms with Gasteiger partial charge in [0.15, 0.2) is 6.61 Å². The number of unbranched alkanes of at least 4 members (excludes halogenated alkanes) is 2. The van der Waals surface area contributed by atoms with Gasteiger partial charge in [0.25, 0.3) is 5.91 Å². The SMILES string of the molecule is CCc1ccc(OCCCn2c(CCCCCNC(=O)COc3cc(C)ccc3C)nc3ccccc32)cc1. The molecular weight excluding hydrogens is 486 g/mol. The third-order valence-electron chi connectivity index (χ3n) is 6.96. The minimum atomic E-state index is -0.0822. The van der Waals surface area contributed by atoms with Gasteiger partial charge >= 0.3 is 0 Å². The van der Waals surface area contributed by atoms with Crippen LogP contribution in [0.2, 0.25) is 0 Å². The van der Waals surface area contributed by atoms with Crippen LogP contribution in [0.15, 0.2) is 66.7 Å². The molecule has 0 aliphatic heterocycles. The molecule has 0 unspecified atom stereocenters. The van der Waals surface area contributed by atoms with Crippen molar-refractivity contribution in [3.05, 3.63) is 89.2 Å². The Labute approximate surface area is 232 Å². The van der Waals surface area contributed by atoms with Gasteiger partial charge < -0.3 is 19.4 Å². The van der Waals surface area contributed by atoms with Crippen LogP contribution >= 0.6 is 0 Å². The van der Waals surface area contributed by atoms with E-state index in [-0.39, 0.29) is 12.5 Å². The number of para-hydroxylation sites is 2. The molecule has 0 bridgehead atoms. The highest BCUT2D eigenvalue weighted by Crippen LogP contribution is 2.20. The zero-order valence-electron chi connectivity index (χ0n) is 23.5. The first kappa shape index (κ1) is 28.2. The lowest BCUT2D eigenvalue weighted by atomic mass is 10.1. The minimum absolute atomic E-state index is 0.0437. The molecule has 0 atom stereocenters. The number of hydrogen-bond acceptors (Lipinski definition) is 4. The van der Waals surface area contributed by atoms with Gasteiger partial charge in [-0.1, -0.05) is 49.7 Å². The summed E-state index contributed by atoms with van der Waals surface area (Å²) in [6.07, 6.45) is 5.85. The average Bonchev–Trinajstić information content (AvgIpc) is 3.31. The average molecular weight is 528 g/mol. The monoisotopic (exact) mass is 527 g/mol. The number of ether oxygens (including phenoxy) is 2. The van der Waals surface area contributed by atoms with E-state index in [0.29, 0.717) is 13.2 Å². The van der Waals surface area contributed by atoms with E-state index in [1.807, 2.05) is 38.1 Å². The Hall–Kier alpha value is -3.80. The van der Waals surface area contributed by atoms with E-state index in [4.69, 9.17) is 14.5 Å². The molecule has 0 aliphatic carbocycles. The van der Waals surface area contributed by atoms with Gasteiger partial charge in [-0.15, -0.1) is 0 Å². The lowest BCUT2D eigenvalue weighted by Crippen LogP contribution is -2.29. The van der Waals surface area contributed by atoms with E-state index in [1.165, 1.54) is 11.1 Å². The fraction of sp³-hybridized carbons (Fsp3) is 0.394. The normalized spacial score (nSPS) is 11.1. The smallest absolute Gasteiger partial charge is 0.257 e. The molecule has 1 heterocycles. The van der Waals surface area contributed by atoms with Crippen molar-refractivity contribution in [3.63, 3.8) is 0 Å². The van der Waals surface area contributed by atoms with E-state index in [2.05, 4.69) is 59.3 Å². The number of nitrogens with zero attached hydrogens (tertiary/aromatic N) is 2. The second kappa shape index (κ2) is 14.4. The molecule has 206 valence electrons. The van der Waals surface area contributed by atoms with Gasteiger partial charge in [0, 0.05) is 19.5 Å². The Morgan fingerprint density at radius 3 is 2.56 bits per heavy atom. The molecule has 0 radical (unpaired) electrons. The van der Waals surface area contributed by atoms with E-state index in [0.717, 1.165) is 79.0 Å². The zero-order chi connectivity index (χ0) is 27.5. The van der Waals surface area contributed by atoms with Crippen LogP contribution in [0, 0.1) is 13.8 Å². The van der Waals surface area contributed by atoms with Crippen molar-refractivity contribution < 1.29 is 14.3 Å². The summed E-state index contributed by atoms with van der Waals surface area (Å²) in [4.78, 5) is 17.1. The van der Waals surface area contributed by atoms with Gasteiger partial charge in [-0.3, -0.25) is 4.79 Å². The molecule has 0 aliphatic rings. The van der Waals surface area contributed by atoms with Crippen LogP contribution in [-0.4, -0.2) is 35.2 Å². The molecule has 1 amide bonds. The Bertz CT molecular complexity index is 1340. The van der Waals surface area contributed by atoms with Gasteiger partial charge in [-0.2, -0.15) is 0 Å². The Morgan fingerprint density at radius 1 is 0.923 bits per heavy atom. The third kappa shape index (κ3) is 8.34. The quantitative estimate of drug-likeness (QED) is 0.177. The number of rotatable bonds is 15. The number of aryl methyl sites for hydroxylation is 5. The second-order valence-electron chi connectivity index (χ2n) is 10.1. The molecule has 1 aromatic heterocycles. The fourth-order valence-corrected chi connectivity index (χ4v) is 4.67. The summed E-state index contributed by atoms with van der Waals surface area (Å²) >= 11 is 0. The zero-order valence-corrected chi connectivity index (χ0v) is 23.5. The van der Waals surface area contributed by atoms with Crippen molar-refractivity contribution in [2.24, 2.45) is 0 Å². The molecule has 6 heteroatoms. The summed E-state index contributed by atoms with van der Waals surface area (Å²) in [5, 5.41) is 2.97. The number of carbonyl (C=O) groups excluding carboxylic acids is 1. The maximum atomic E-state index is 12.2. The lowest BCUT2D eigenvalue weighted by molar-refractivity contribution is -0.123. The Balaban J connectivity index is 1.18. The summed E-state index contributed by atoms with van der Waals surface area (Å²) < 4.78 is 14.0. The first-order chi connectivity index (χ1) is 19.0. The molecule has 1 N–H and O–H groups in total. The standard InChI is InChI=1S/C33H41N3O3/c1-4-27-16-18-28(19-17-27)38-22-10-21-36-30-12-8-7-11-29(30)35-32(36)13-6-5-9-20-34-33(37)24-39-31-23-25(2)14-15-26(31)3/h7-8,11-12,14-19,23H,4-6,9-10,13,20-22,24H2,1-3H3,(H,34,37). The number of carbonyl (C=O) groups is 1. The number of nitrogens with one attached hydrogen (secondary N) is 1. The van der Waals surface area contributed by atoms with Crippen molar-refractivity contribution in [2.45, 2.75) is 65.8 Å². The summed E-state index contributed by atoms with van der Waals surface area (Å²) in [6, 6.07) is 22.7. The third-order valence-corrected chi connectivity index (χ3v) is 6.96. The number of hydrogen-bond donors (Lipinski definition) is 1. The van der Waals surface area contributed by atoms with E-state index in [1.54, 1.807) is 0 Å². The topological polar surface area (TPSA) is 65.4 Å². The van der Waals surface area contributed by atoms with Crippen molar-refractivity contribution in [1.29, 1.82) is 0 Å². The number of benzene rings is 3. The molecule has 0 saturated carbocycles. The van der Waals surface area contributed by atoms with Crippen molar-refractivity contribution in [3.8, 4) is 11.5 Å². The summed E-state index contributed by atoms with van der Waals surface area (Å²) in [7, 11) is 0. The summed E-state index contributed by atoms with van der Waals surface area (Å²) in [5.41, 5.74) is 5.70. The number of fused-ring (bicyclic) bond motifs is 1. The van der Waals surface area contributed by atoms with Gasteiger partial charge in [0.1, 0.15) is 17.3 Å². The number of amides is 1. The molecule has 4 aromatic rings. The molecular formula is C33H41N3O3. The first-order valence-corrected chi connectivity index (χ1v) is 14.2. The fourth-order valence-electron chi connectivity index (χ4n) is 4.67. The summed E-state index contributed by atoms with van der Waals surface area (Å²) in [6.45, 7) is 8.41. The highest BCUT2D eigenvalue weighted by atomic mass is 16.5. The van der Waals surface area contributed by atoms with Gasteiger partial charge in [-0.05, 0) is 86.6 Å². The van der Waals surface area contributed by atoms with Crippen molar-refractivity contribution >= 4 is 16.9 Å². The molecule has 3 aromatic carbocycles. The number of imidazole rings is 1. The van der Waals surface area contributed by atoms with Crippen LogP contribution in [0.3, 0.4) is 0 Å². The van der Waals surface area contributed by atoms with Crippen LogP contribution < -0.4 is 14.8 Å². The predicted octanol–water partition coefficient (Wildman–Crippen LogP) is 6.59. The van der Waals surface area contributed by atoms with Crippen LogP contribution in [0.25, 0.3) is 11.0 Å². The molecule has 0 saturated heterocycles. The van der Waals surface area contributed by atoms with Crippen LogP contribution in [0.5, 0.6) is 11.5 Å². The first-order valence-electron chi connectivity index (χ1n) is 14.2. The van der Waals surface area contributed by atoms with Gasteiger partial charge in [-0.25, -0.2) is 4.98 Å². The van der Waals surface area contributed by atoms with E-state index < -0.39 is 0 Å². The van der Waals surface area contributed by atoms with Gasteiger partial charge in [0.2, 0.25) is 0 Å². The molecule has 6 nitrogen and oxygen atoms in total. The lowest BCUT2D eigenvalue weighted by Gasteiger charge is -2.11. The minimum Gasteiger partial charge on any atom is -0.494 e. The Morgan fingerprint density at radius 2 is 1.74 bits per heavy atom. The second-order valence-corrected chi connectivity index (χ2v) is 10.1. The Kier molecular flexibility index (Phi) is 10.4. The molecule has 39 heavy (non-hydrogen) atoms. The maximum Gasteiger partial charge on any atom is 0.257 e. The maximum absolute atomic E-state index is 12.2.